The van der Waals surface area contributed by atoms with E-state index < -0.39 is 41.0 Å². The van der Waals surface area contributed by atoms with E-state index in [1.165, 1.54) is 0 Å². The zero-order valence-electron chi connectivity index (χ0n) is 32.7. The second kappa shape index (κ2) is 18.7. The van der Waals surface area contributed by atoms with Crippen LogP contribution >= 0.6 is 0 Å². The van der Waals surface area contributed by atoms with Crippen LogP contribution in [0.4, 0.5) is 9.59 Å². The van der Waals surface area contributed by atoms with Gasteiger partial charge in [-0.05, 0) is 46.8 Å². The predicted octanol–water partition coefficient (Wildman–Crippen LogP) is 3.77. The third-order valence-electron chi connectivity index (χ3n) is 9.16. The summed E-state index contributed by atoms with van der Waals surface area (Å²) in [6.45, 7) is 16.8. The first kappa shape index (κ1) is 43.1. The fraction of sp³-hybridized carbons (Fsp3) is 0.615. The van der Waals surface area contributed by atoms with E-state index in [0.717, 1.165) is 5.56 Å². The van der Waals surface area contributed by atoms with E-state index in [4.69, 9.17) is 5.11 Å². The van der Waals surface area contributed by atoms with Gasteiger partial charge in [0.2, 0.25) is 11.8 Å². The molecule has 2 aromatic rings. The smallest absolute Gasteiger partial charge is 0.404 e. The van der Waals surface area contributed by atoms with Gasteiger partial charge in [0.1, 0.15) is 6.04 Å². The summed E-state index contributed by atoms with van der Waals surface area (Å²) in [6.07, 6.45) is -1.26. The van der Waals surface area contributed by atoms with Gasteiger partial charge in [0, 0.05) is 39.1 Å². The van der Waals surface area contributed by atoms with Crippen molar-refractivity contribution in [3.63, 3.8) is 0 Å². The monoisotopic (exact) mass is 739 g/mol. The third-order valence-corrected chi connectivity index (χ3v) is 9.16. The molecule has 14 nitrogen and oxygen atoms in total. The van der Waals surface area contributed by atoms with Crippen molar-refractivity contribution in [3.8, 4) is 0 Å². The molecule has 1 aliphatic rings. The summed E-state index contributed by atoms with van der Waals surface area (Å²) in [6, 6.07) is 12.9. The summed E-state index contributed by atoms with van der Waals surface area (Å²) < 4.78 is 0. The lowest BCUT2D eigenvalue weighted by atomic mass is 9.84. The maximum Gasteiger partial charge on any atom is 0.404 e. The number of hydrogen-bond donors (Lipinski definition) is 6. The minimum absolute atomic E-state index is 0.00388. The fourth-order valence-corrected chi connectivity index (χ4v) is 6.35. The van der Waals surface area contributed by atoms with E-state index in [-0.39, 0.29) is 50.0 Å². The van der Waals surface area contributed by atoms with Crippen LogP contribution in [-0.2, 0) is 29.2 Å². The molecule has 0 radical (unpaired) electrons. The molecule has 3 rings (SSSR count). The van der Waals surface area contributed by atoms with E-state index >= 15 is 0 Å². The maximum atomic E-state index is 14.4. The van der Waals surface area contributed by atoms with Crippen molar-refractivity contribution >= 4 is 23.9 Å². The van der Waals surface area contributed by atoms with Gasteiger partial charge in [-0.3, -0.25) is 20.0 Å². The maximum absolute atomic E-state index is 14.4. The Morgan fingerprint density at radius 1 is 0.943 bits per heavy atom. The Morgan fingerprint density at radius 3 is 2.21 bits per heavy atom. The van der Waals surface area contributed by atoms with E-state index in [9.17, 15) is 29.4 Å². The normalized spacial score (nSPS) is 15.6. The van der Waals surface area contributed by atoms with Gasteiger partial charge in [0.15, 0.2) is 0 Å². The number of nitrogens with one attached hydrogen (secondary N) is 3. The highest BCUT2D eigenvalue weighted by Crippen LogP contribution is 2.29. The standard InChI is InChI=1S/C39H61N7O7/c1-37(2,3)17-18-45(43-32(49)22-39(7,8)26-40-35(51)52)24-31(48)30(21-27-13-10-9-11-14-27)42-34(50)33(38(4,5)6)46-20-19-44(36(46)53)23-28-15-12-16-29(25-47)41-28/h9-16,30-31,33,40,47-48H,17-26H2,1-8H3,(H,42,50)(H,43,49)(H,51,52)/t30-,31-,33+/m0/s1. The van der Waals surface area contributed by atoms with Gasteiger partial charge < -0.3 is 35.8 Å². The van der Waals surface area contributed by atoms with E-state index in [2.05, 4.69) is 41.8 Å². The van der Waals surface area contributed by atoms with Crippen LogP contribution in [0.3, 0.4) is 0 Å². The molecule has 14 heteroatoms. The first-order valence-electron chi connectivity index (χ1n) is 18.3. The highest BCUT2D eigenvalue weighted by molar-refractivity contribution is 5.89. The van der Waals surface area contributed by atoms with Crippen LogP contribution in [0.2, 0.25) is 0 Å². The number of aliphatic hydroxyl groups excluding tert-OH is 2. The number of carboxylic acid groups (broad SMARTS) is 1. The highest BCUT2D eigenvalue weighted by Gasteiger charge is 2.44. The number of aliphatic hydroxyl groups is 2. The molecular weight excluding hydrogens is 678 g/mol. The molecule has 0 bridgehead atoms. The van der Waals surface area contributed by atoms with Crippen LogP contribution in [0.25, 0.3) is 0 Å². The fourth-order valence-electron chi connectivity index (χ4n) is 6.35. The van der Waals surface area contributed by atoms with Gasteiger partial charge in [-0.2, -0.15) is 0 Å². The van der Waals surface area contributed by atoms with E-state index in [0.29, 0.717) is 43.9 Å². The van der Waals surface area contributed by atoms with Crippen LogP contribution < -0.4 is 16.1 Å². The average molecular weight is 740 g/mol. The van der Waals surface area contributed by atoms with Crippen LogP contribution in [0.15, 0.2) is 48.5 Å². The average Bonchev–Trinajstić information content (AvgIpc) is 3.40. The summed E-state index contributed by atoms with van der Waals surface area (Å²) in [4.78, 5) is 60.1. The zero-order valence-corrected chi connectivity index (χ0v) is 32.7. The van der Waals surface area contributed by atoms with Crippen molar-refractivity contribution in [2.45, 2.75) is 106 Å². The molecule has 53 heavy (non-hydrogen) atoms. The number of hydrazine groups is 1. The van der Waals surface area contributed by atoms with Crippen molar-refractivity contribution < 1.29 is 34.5 Å². The van der Waals surface area contributed by atoms with Gasteiger partial charge in [0.25, 0.3) is 0 Å². The van der Waals surface area contributed by atoms with Crippen molar-refractivity contribution in [1.82, 2.24) is 35.9 Å². The lowest BCUT2D eigenvalue weighted by Gasteiger charge is -2.38. The molecule has 1 aliphatic heterocycles. The van der Waals surface area contributed by atoms with Crippen molar-refractivity contribution in [1.29, 1.82) is 0 Å². The van der Waals surface area contributed by atoms with Crippen molar-refractivity contribution in [2.24, 2.45) is 16.2 Å². The van der Waals surface area contributed by atoms with Crippen molar-refractivity contribution in [2.75, 3.05) is 32.7 Å². The summed E-state index contributed by atoms with van der Waals surface area (Å²) in [7, 11) is 0. The Bertz CT molecular complexity index is 1520. The third kappa shape index (κ3) is 14.2. The van der Waals surface area contributed by atoms with Crippen LogP contribution in [-0.4, -0.2) is 110 Å². The number of carbonyl (C=O) groups is 4. The number of urea groups is 1. The largest absolute Gasteiger partial charge is 0.465 e. The lowest BCUT2D eigenvalue weighted by molar-refractivity contribution is -0.132. The number of hydrogen-bond acceptors (Lipinski definition) is 8. The molecule has 1 aromatic carbocycles. The molecular formula is C39H61N7O7. The summed E-state index contributed by atoms with van der Waals surface area (Å²) in [5, 5.41) is 37.5. The number of benzene rings is 1. The molecule has 0 unspecified atom stereocenters. The minimum Gasteiger partial charge on any atom is -0.465 e. The van der Waals surface area contributed by atoms with Crippen LogP contribution in [0.5, 0.6) is 0 Å². The number of pyridine rings is 1. The van der Waals surface area contributed by atoms with Crippen molar-refractivity contribution in [3.05, 3.63) is 65.5 Å². The highest BCUT2D eigenvalue weighted by atomic mass is 16.4. The van der Waals surface area contributed by atoms with E-state index in [1.54, 1.807) is 46.9 Å². The molecule has 294 valence electrons. The molecule has 6 N–H and O–H groups in total. The molecule has 1 aromatic heterocycles. The Kier molecular flexibility index (Phi) is 15.2. The number of nitrogens with zero attached hydrogens (tertiary/aromatic N) is 4. The molecule has 5 amide bonds. The minimum atomic E-state index is -1.16. The lowest BCUT2D eigenvalue weighted by Crippen LogP contribution is -2.60. The van der Waals surface area contributed by atoms with Gasteiger partial charge in [-0.1, -0.05) is 91.8 Å². The Morgan fingerprint density at radius 2 is 1.60 bits per heavy atom. The van der Waals surface area contributed by atoms with Gasteiger partial charge >= 0.3 is 12.1 Å². The SMILES string of the molecule is CC(C)(C)CCN(C[C@H](O)[C@H](Cc1ccccc1)NC(=O)[C@@H](N1CCN(Cc2cccc(CO)n2)C1=O)C(C)(C)C)NC(=O)CC(C)(C)CNC(=O)O. The molecule has 1 saturated heterocycles. The Labute approximate surface area is 314 Å². The summed E-state index contributed by atoms with van der Waals surface area (Å²) >= 11 is 0. The quantitative estimate of drug-likeness (QED) is 0.124. The number of rotatable bonds is 18. The number of amides is 5. The van der Waals surface area contributed by atoms with Gasteiger partial charge in [-0.15, -0.1) is 0 Å². The molecule has 0 aliphatic carbocycles. The molecule has 0 spiro atoms. The topological polar surface area (TPSA) is 188 Å². The first-order chi connectivity index (χ1) is 24.7. The molecule has 2 heterocycles. The predicted molar refractivity (Wildman–Crippen MR) is 202 cm³/mol. The van der Waals surface area contributed by atoms with Gasteiger partial charge in [-0.25, -0.2) is 14.6 Å². The van der Waals surface area contributed by atoms with Crippen LogP contribution in [0, 0.1) is 16.2 Å². The number of carbonyl (C=O) groups excluding carboxylic acids is 3. The van der Waals surface area contributed by atoms with E-state index in [1.807, 2.05) is 51.1 Å². The molecule has 0 saturated carbocycles. The van der Waals surface area contributed by atoms with Gasteiger partial charge in [0.05, 0.1) is 36.7 Å². The summed E-state index contributed by atoms with van der Waals surface area (Å²) in [5.41, 5.74) is 3.57. The number of aromatic nitrogens is 1. The Balaban J connectivity index is 1.83. The van der Waals surface area contributed by atoms with Crippen LogP contribution in [0.1, 0.15) is 85.2 Å². The second-order valence-corrected chi connectivity index (χ2v) is 17.1. The Hall–Kier alpha value is -4.27. The zero-order chi connectivity index (χ0) is 39.6. The molecule has 3 atom stereocenters. The first-order valence-corrected chi connectivity index (χ1v) is 18.3. The summed E-state index contributed by atoms with van der Waals surface area (Å²) in [5.74, 6) is -0.721. The molecule has 1 fully saturated rings. The second-order valence-electron chi connectivity index (χ2n) is 17.1.